The lowest BCUT2D eigenvalue weighted by Gasteiger charge is -2.17. The first-order valence-electron chi connectivity index (χ1n) is 6.22. The van der Waals surface area contributed by atoms with Crippen LogP contribution in [-0.2, 0) is 10.0 Å². The molecule has 1 aliphatic carbocycles. The number of carboxylic acids is 1. The third-order valence-corrected chi connectivity index (χ3v) is 5.79. The van der Waals surface area contributed by atoms with Crippen LogP contribution in [-0.4, -0.2) is 37.4 Å². The molecule has 1 aromatic rings. The van der Waals surface area contributed by atoms with Crippen molar-refractivity contribution >= 4 is 27.6 Å². The van der Waals surface area contributed by atoms with Crippen LogP contribution in [0.1, 0.15) is 23.7 Å². The Morgan fingerprint density at radius 2 is 2.10 bits per heavy atom. The second-order valence-electron chi connectivity index (χ2n) is 5.21. The zero-order valence-corrected chi connectivity index (χ0v) is 12.8. The quantitative estimate of drug-likeness (QED) is 0.904. The number of halogens is 1. The first-order chi connectivity index (χ1) is 9.23. The van der Waals surface area contributed by atoms with Crippen LogP contribution in [0.2, 0.25) is 5.02 Å². The van der Waals surface area contributed by atoms with Gasteiger partial charge >= 0.3 is 5.97 Å². The van der Waals surface area contributed by atoms with Gasteiger partial charge in [0.15, 0.2) is 0 Å². The number of hydrogen-bond acceptors (Lipinski definition) is 3. The summed E-state index contributed by atoms with van der Waals surface area (Å²) in [6.07, 6.45) is 1.03. The highest BCUT2D eigenvalue weighted by Crippen LogP contribution is 2.38. The Bertz CT molecular complexity index is 644. The van der Waals surface area contributed by atoms with Crippen LogP contribution in [0.5, 0.6) is 0 Å². The molecular formula is C13H16ClNO4S. The minimum atomic E-state index is -3.68. The van der Waals surface area contributed by atoms with E-state index in [1.807, 2.05) is 0 Å². The SMILES string of the molecule is CC1CC1CN(C)S(=O)(=O)c1ccc(Cl)c(C(=O)O)c1. The van der Waals surface area contributed by atoms with E-state index < -0.39 is 16.0 Å². The van der Waals surface area contributed by atoms with E-state index in [4.69, 9.17) is 16.7 Å². The fourth-order valence-corrected chi connectivity index (χ4v) is 3.54. The summed E-state index contributed by atoms with van der Waals surface area (Å²) < 4.78 is 26.0. The number of rotatable bonds is 5. The normalized spacial score (nSPS) is 22.0. The van der Waals surface area contributed by atoms with Crippen molar-refractivity contribution in [3.8, 4) is 0 Å². The molecule has 1 saturated carbocycles. The number of benzene rings is 1. The van der Waals surface area contributed by atoms with Gasteiger partial charge in [-0.2, -0.15) is 0 Å². The maximum absolute atomic E-state index is 12.4. The average Bonchev–Trinajstić information content (AvgIpc) is 3.04. The van der Waals surface area contributed by atoms with E-state index in [2.05, 4.69) is 6.92 Å². The fourth-order valence-electron chi connectivity index (χ4n) is 2.09. The van der Waals surface area contributed by atoms with Crippen molar-refractivity contribution in [2.75, 3.05) is 13.6 Å². The minimum Gasteiger partial charge on any atom is -0.478 e. The zero-order valence-electron chi connectivity index (χ0n) is 11.2. The summed E-state index contributed by atoms with van der Waals surface area (Å²) in [4.78, 5) is 11.0. The van der Waals surface area contributed by atoms with Gasteiger partial charge in [-0.15, -0.1) is 0 Å². The summed E-state index contributed by atoms with van der Waals surface area (Å²) in [6.45, 7) is 2.53. The molecule has 0 saturated heterocycles. The Balaban J connectivity index is 2.29. The lowest BCUT2D eigenvalue weighted by Crippen LogP contribution is -2.29. The molecular weight excluding hydrogens is 302 g/mol. The molecule has 20 heavy (non-hydrogen) atoms. The van der Waals surface area contributed by atoms with Gasteiger partial charge in [-0.1, -0.05) is 18.5 Å². The van der Waals surface area contributed by atoms with Crippen molar-refractivity contribution in [1.82, 2.24) is 4.31 Å². The maximum atomic E-state index is 12.4. The van der Waals surface area contributed by atoms with E-state index in [0.29, 0.717) is 18.4 Å². The molecule has 1 fully saturated rings. The Hall–Kier alpha value is -1.11. The summed E-state index contributed by atoms with van der Waals surface area (Å²) in [5.41, 5.74) is -0.207. The molecule has 2 rings (SSSR count). The number of carbonyl (C=O) groups is 1. The topological polar surface area (TPSA) is 74.7 Å². The van der Waals surface area contributed by atoms with Gasteiger partial charge in [0.2, 0.25) is 10.0 Å². The smallest absolute Gasteiger partial charge is 0.337 e. The molecule has 110 valence electrons. The minimum absolute atomic E-state index is 0.0231. The third kappa shape index (κ3) is 2.97. The molecule has 2 unspecified atom stereocenters. The predicted octanol–water partition coefficient (Wildman–Crippen LogP) is 2.31. The van der Waals surface area contributed by atoms with Gasteiger partial charge in [0.25, 0.3) is 0 Å². The summed E-state index contributed by atoms with van der Waals surface area (Å²) in [6, 6.07) is 3.73. The molecule has 0 spiro atoms. The number of carboxylic acid groups (broad SMARTS) is 1. The molecule has 0 amide bonds. The standard InChI is InChI=1S/C13H16ClNO4S/c1-8-5-9(8)7-15(2)20(18,19)10-3-4-12(14)11(6-10)13(16)17/h3-4,6,8-9H,5,7H2,1-2H3,(H,16,17). The number of nitrogens with zero attached hydrogens (tertiary/aromatic N) is 1. The molecule has 0 aliphatic heterocycles. The summed E-state index contributed by atoms with van der Waals surface area (Å²) in [5, 5.41) is 9.01. The molecule has 0 aromatic heterocycles. The van der Waals surface area contributed by atoms with Crippen molar-refractivity contribution in [2.45, 2.75) is 18.2 Å². The number of sulfonamides is 1. The van der Waals surface area contributed by atoms with Crippen molar-refractivity contribution in [2.24, 2.45) is 11.8 Å². The van der Waals surface area contributed by atoms with Crippen LogP contribution in [0.25, 0.3) is 0 Å². The lowest BCUT2D eigenvalue weighted by atomic mass is 10.2. The fraction of sp³-hybridized carbons (Fsp3) is 0.462. The zero-order chi connectivity index (χ0) is 15.1. The molecule has 0 radical (unpaired) electrons. The predicted molar refractivity (Wildman–Crippen MR) is 75.5 cm³/mol. The molecule has 0 bridgehead atoms. The van der Waals surface area contributed by atoms with E-state index in [-0.39, 0.29) is 15.5 Å². The highest BCUT2D eigenvalue weighted by atomic mass is 35.5. The maximum Gasteiger partial charge on any atom is 0.337 e. The molecule has 1 N–H and O–H groups in total. The largest absolute Gasteiger partial charge is 0.478 e. The highest BCUT2D eigenvalue weighted by molar-refractivity contribution is 7.89. The molecule has 5 nitrogen and oxygen atoms in total. The van der Waals surface area contributed by atoms with Crippen LogP contribution in [0, 0.1) is 11.8 Å². The second-order valence-corrected chi connectivity index (χ2v) is 7.66. The van der Waals surface area contributed by atoms with Gasteiger partial charge in [0, 0.05) is 13.6 Å². The van der Waals surface area contributed by atoms with E-state index in [9.17, 15) is 13.2 Å². The van der Waals surface area contributed by atoms with Crippen LogP contribution < -0.4 is 0 Å². The number of hydrogen-bond donors (Lipinski definition) is 1. The summed E-state index contributed by atoms with van der Waals surface area (Å²) in [5.74, 6) is -0.306. The monoisotopic (exact) mass is 317 g/mol. The van der Waals surface area contributed by atoms with Crippen molar-refractivity contribution in [3.05, 3.63) is 28.8 Å². The molecule has 0 heterocycles. The first kappa shape index (κ1) is 15.3. The van der Waals surface area contributed by atoms with Crippen molar-refractivity contribution < 1.29 is 18.3 Å². The Morgan fingerprint density at radius 3 is 2.60 bits per heavy atom. The molecule has 2 atom stereocenters. The molecule has 1 aromatic carbocycles. The van der Waals surface area contributed by atoms with Gasteiger partial charge in [-0.3, -0.25) is 0 Å². The second kappa shape index (κ2) is 5.35. The van der Waals surface area contributed by atoms with E-state index in [1.54, 1.807) is 0 Å². The summed E-state index contributed by atoms with van der Waals surface area (Å²) in [7, 11) is -2.17. The van der Waals surface area contributed by atoms with Gasteiger partial charge in [-0.05, 0) is 36.5 Å². The van der Waals surface area contributed by atoms with E-state index >= 15 is 0 Å². The van der Waals surface area contributed by atoms with Gasteiger partial charge in [0.1, 0.15) is 0 Å². The van der Waals surface area contributed by atoms with Gasteiger partial charge < -0.3 is 5.11 Å². The van der Waals surface area contributed by atoms with Crippen LogP contribution in [0.4, 0.5) is 0 Å². The average molecular weight is 318 g/mol. The first-order valence-corrected chi connectivity index (χ1v) is 8.04. The van der Waals surface area contributed by atoms with Crippen LogP contribution in [0.3, 0.4) is 0 Å². The van der Waals surface area contributed by atoms with E-state index in [1.165, 1.54) is 23.5 Å². The van der Waals surface area contributed by atoms with Gasteiger partial charge in [0.05, 0.1) is 15.5 Å². The summed E-state index contributed by atoms with van der Waals surface area (Å²) >= 11 is 5.75. The van der Waals surface area contributed by atoms with Crippen molar-refractivity contribution in [1.29, 1.82) is 0 Å². The highest BCUT2D eigenvalue weighted by Gasteiger charge is 2.36. The Morgan fingerprint density at radius 1 is 1.50 bits per heavy atom. The number of aromatic carboxylic acids is 1. The van der Waals surface area contributed by atoms with Crippen LogP contribution >= 0.6 is 11.6 Å². The Kier molecular flexibility index (Phi) is 4.09. The lowest BCUT2D eigenvalue weighted by molar-refractivity contribution is 0.0697. The van der Waals surface area contributed by atoms with Crippen molar-refractivity contribution in [3.63, 3.8) is 0 Å². The molecule has 7 heteroatoms. The Labute approximate surface area is 123 Å². The van der Waals surface area contributed by atoms with Gasteiger partial charge in [-0.25, -0.2) is 17.5 Å². The third-order valence-electron chi connectivity index (χ3n) is 3.64. The molecule has 1 aliphatic rings. The van der Waals surface area contributed by atoms with Crippen LogP contribution in [0.15, 0.2) is 23.1 Å². The van der Waals surface area contributed by atoms with E-state index in [0.717, 1.165) is 12.5 Å².